The number of anilines is 1. The van der Waals surface area contributed by atoms with Crippen LogP contribution in [-0.4, -0.2) is 34.3 Å². The summed E-state index contributed by atoms with van der Waals surface area (Å²) in [7, 11) is 1.60. The molecule has 3 aromatic rings. The topological polar surface area (TPSA) is 85.4 Å². The predicted octanol–water partition coefficient (Wildman–Crippen LogP) is 5.20. The van der Waals surface area contributed by atoms with Crippen LogP contribution in [0.4, 0.5) is 5.82 Å². The first-order chi connectivity index (χ1) is 15.5. The highest BCUT2D eigenvalue weighted by Gasteiger charge is 2.33. The molecule has 0 bridgehead atoms. The van der Waals surface area contributed by atoms with Gasteiger partial charge in [0.2, 0.25) is 0 Å². The van der Waals surface area contributed by atoms with Crippen molar-refractivity contribution in [3.8, 4) is 5.75 Å². The third kappa shape index (κ3) is 4.69. The van der Waals surface area contributed by atoms with E-state index in [1.807, 2.05) is 0 Å². The van der Waals surface area contributed by atoms with E-state index in [1.165, 1.54) is 10.4 Å². The molecule has 0 fully saturated rings. The van der Waals surface area contributed by atoms with Crippen LogP contribution < -0.4 is 15.6 Å². The second kappa shape index (κ2) is 9.64. The fourth-order valence-electron chi connectivity index (χ4n) is 3.56. The number of carbonyl (C=O) groups is 1. The highest BCUT2D eigenvalue weighted by molar-refractivity contribution is 7.99. The van der Waals surface area contributed by atoms with Crippen molar-refractivity contribution in [3.63, 3.8) is 0 Å². The molecule has 32 heavy (non-hydrogen) atoms. The number of benzene rings is 1. The van der Waals surface area contributed by atoms with Crippen LogP contribution in [0.1, 0.15) is 54.4 Å². The van der Waals surface area contributed by atoms with Gasteiger partial charge in [-0.15, -0.1) is 11.3 Å². The summed E-state index contributed by atoms with van der Waals surface area (Å²) < 4.78 is 11.3. The summed E-state index contributed by atoms with van der Waals surface area (Å²) in [5, 5.41) is 1.68. The Hall–Kier alpha value is -2.36. The van der Waals surface area contributed by atoms with Crippen molar-refractivity contribution in [1.29, 1.82) is 0 Å². The number of aromatic nitrogens is 2. The Kier molecular flexibility index (Phi) is 6.88. The van der Waals surface area contributed by atoms with Crippen LogP contribution in [0.25, 0.3) is 10.2 Å². The smallest absolute Gasteiger partial charge is 0.269 e. The van der Waals surface area contributed by atoms with E-state index < -0.39 is 0 Å². The zero-order valence-electron chi connectivity index (χ0n) is 18.8. The number of methoxy groups -OCH3 is 1. The SMILES string of the molecule is CCCSc1nc(NNC(=O)c2ccc(OC)cc2)c2c3c(sc2n1)CO[C@](C)(CC)C3. The lowest BCUT2D eigenvalue weighted by molar-refractivity contribution is -0.0543. The molecule has 4 rings (SSSR count). The van der Waals surface area contributed by atoms with Gasteiger partial charge < -0.3 is 9.47 Å². The number of rotatable bonds is 8. The van der Waals surface area contributed by atoms with E-state index in [9.17, 15) is 4.79 Å². The average Bonchev–Trinajstić information content (AvgIpc) is 3.18. The highest BCUT2D eigenvalue weighted by Crippen LogP contribution is 2.42. The van der Waals surface area contributed by atoms with E-state index in [4.69, 9.17) is 19.4 Å². The van der Waals surface area contributed by atoms with E-state index in [2.05, 4.69) is 31.6 Å². The maximum Gasteiger partial charge on any atom is 0.269 e. The summed E-state index contributed by atoms with van der Waals surface area (Å²) >= 11 is 3.27. The van der Waals surface area contributed by atoms with Gasteiger partial charge in [0.25, 0.3) is 5.91 Å². The molecule has 9 heteroatoms. The molecule has 1 amide bonds. The second-order valence-corrected chi connectivity index (χ2v) is 10.1. The van der Waals surface area contributed by atoms with Gasteiger partial charge in [-0.2, -0.15) is 0 Å². The first-order valence-corrected chi connectivity index (χ1v) is 12.6. The Balaban J connectivity index is 1.66. The third-order valence-electron chi connectivity index (χ3n) is 5.65. The fraction of sp³-hybridized carbons (Fsp3) is 0.435. The van der Waals surface area contributed by atoms with Crippen LogP contribution in [0.3, 0.4) is 0 Å². The molecule has 0 spiro atoms. The number of carbonyl (C=O) groups excluding carboxylic acids is 1. The number of amides is 1. The van der Waals surface area contributed by atoms with E-state index in [0.717, 1.165) is 35.2 Å². The maximum atomic E-state index is 12.7. The van der Waals surface area contributed by atoms with Crippen LogP contribution in [0.15, 0.2) is 29.4 Å². The molecule has 1 atom stereocenters. The minimum Gasteiger partial charge on any atom is -0.497 e. The minimum atomic E-state index is -0.243. The van der Waals surface area contributed by atoms with Crippen LogP contribution in [0.2, 0.25) is 0 Å². The molecule has 0 saturated carbocycles. The number of hydrogen-bond donors (Lipinski definition) is 2. The first-order valence-electron chi connectivity index (χ1n) is 10.8. The Morgan fingerprint density at radius 1 is 1.28 bits per heavy atom. The van der Waals surface area contributed by atoms with Gasteiger partial charge in [-0.05, 0) is 49.6 Å². The van der Waals surface area contributed by atoms with Crippen molar-refractivity contribution in [2.75, 3.05) is 18.3 Å². The van der Waals surface area contributed by atoms with Crippen molar-refractivity contribution >= 4 is 45.0 Å². The molecule has 0 aliphatic carbocycles. The van der Waals surface area contributed by atoms with Gasteiger partial charge in [0.1, 0.15) is 10.6 Å². The molecule has 0 radical (unpaired) electrons. The number of hydrazine groups is 1. The Morgan fingerprint density at radius 3 is 2.75 bits per heavy atom. The lowest BCUT2D eigenvalue weighted by atomic mass is 9.90. The number of thiophene rings is 1. The molecule has 170 valence electrons. The summed E-state index contributed by atoms with van der Waals surface area (Å²) in [4.78, 5) is 24.4. The number of ether oxygens (including phenoxy) is 2. The minimum absolute atomic E-state index is 0.208. The molecule has 2 N–H and O–H groups in total. The molecule has 7 nitrogen and oxygen atoms in total. The summed E-state index contributed by atoms with van der Waals surface area (Å²) in [6, 6.07) is 6.98. The lowest BCUT2D eigenvalue weighted by Gasteiger charge is -2.33. The average molecular weight is 473 g/mol. The highest BCUT2D eigenvalue weighted by atomic mass is 32.2. The van der Waals surface area contributed by atoms with E-state index in [0.29, 0.717) is 28.9 Å². The summed E-state index contributed by atoms with van der Waals surface area (Å²) in [5.41, 5.74) is 7.43. The third-order valence-corrected chi connectivity index (χ3v) is 7.80. The molecule has 3 heterocycles. The van der Waals surface area contributed by atoms with Gasteiger partial charge in [0.05, 0.1) is 24.7 Å². The van der Waals surface area contributed by atoms with Gasteiger partial charge in [-0.3, -0.25) is 15.6 Å². The van der Waals surface area contributed by atoms with E-state index in [1.54, 1.807) is 54.5 Å². The Morgan fingerprint density at radius 2 is 2.06 bits per heavy atom. The first kappa shape index (κ1) is 22.8. The Bertz CT molecular complexity index is 1120. The van der Waals surface area contributed by atoms with Crippen molar-refractivity contribution in [1.82, 2.24) is 15.4 Å². The fourth-order valence-corrected chi connectivity index (χ4v) is 5.42. The largest absolute Gasteiger partial charge is 0.497 e. The number of fused-ring (bicyclic) bond motifs is 3. The molecule has 1 aromatic carbocycles. The maximum absolute atomic E-state index is 12.7. The zero-order valence-corrected chi connectivity index (χ0v) is 20.4. The van der Waals surface area contributed by atoms with Crippen LogP contribution >= 0.6 is 23.1 Å². The zero-order chi connectivity index (χ0) is 22.7. The lowest BCUT2D eigenvalue weighted by Crippen LogP contribution is -2.34. The van der Waals surface area contributed by atoms with Gasteiger partial charge in [0.15, 0.2) is 11.0 Å². The van der Waals surface area contributed by atoms with Crippen molar-refractivity contribution in [3.05, 3.63) is 40.3 Å². The standard InChI is InChI=1S/C23H28N4O3S2/c1-5-11-31-22-24-19(26-27-20(28)14-7-9-15(29-4)10-8-14)18-16-12-23(3,6-2)30-13-17(16)32-21(18)25-22/h7-10H,5-6,11-13H2,1-4H3,(H,27,28)(H,24,25,26)/t23-/m1/s1. The number of nitrogens with zero attached hydrogens (tertiary/aromatic N) is 2. The summed E-state index contributed by atoms with van der Waals surface area (Å²) in [6.07, 6.45) is 2.75. The van der Waals surface area contributed by atoms with Crippen LogP contribution in [0, 0.1) is 0 Å². The summed E-state index contributed by atoms with van der Waals surface area (Å²) in [5.74, 6) is 2.03. The van der Waals surface area contributed by atoms with Gasteiger partial charge >= 0.3 is 0 Å². The quantitative estimate of drug-likeness (QED) is 0.265. The van der Waals surface area contributed by atoms with Crippen molar-refractivity contribution < 1.29 is 14.3 Å². The predicted molar refractivity (Wildman–Crippen MR) is 130 cm³/mol. The normalized spacial score (nSPS) is 17.8. The number of hydrogen-bond acceptors (Lipinski definition) is 8. The molecular formula is C23H28N4O3S2. The van der Waals surface area contributed by atoms with Gasteiger partial charge in [0, 0.05) is 22.6 Å². The van der Waals surface area contributed by atoms with Crippen molar-refractivity contribution in [2.45, 2.75) is 57.4 Å². The number of nitrogens with one attached hydrogen (secondary N) is 2. The molecule has 2 aromatic heterocycles. The molecule has 0 unspecified atom stereocenters. The molecule has 1 aliphatic rings. The molecular weight excluding hydrogens is 444 g/mol. The molecule has 1 aliphatic heterocycles. The van der Waals surface area contributed by atoms with Crippen LogP contribution in [-0.2, 0) is 17.8 Å². The summed E-state index contributed by atoms with van der Waals surface area (Å²) in [6.45, 7) is 7.00. The van der Waals surface area contributed by atoms with Crippen LogP contribution in [0.5, 0.6) is 5.75 Å². The molecule has 0 saturated heterocycles. The van der Waals surface area contributed by atoms with Gasteiger partial charge in [-0.25, -0.2) is 9.97 Å². The van der Waals surface area contributed by atoms with E-state index in [-0.39, 0.29) is 11.5 Å². The van der Waals surface area contributed by atoms with Gasteiger partial charge in [-0.1, -0.05) is 25.6 Å². The van der Waals surface area contributed by atoms with Crippen molar-refractivity contribution in [2.24, 2.45) is 0 Å². The number of thioether (sulfide) groups is 1. The second-order valence-electron chi connectivity index (χ2n) is 7.96. The monoisotopic (exact) mass is 472 g/mol. The Labute approximate surface area is 196 Å². The van der Waals surface area contributed by atoms with E-state index >= 15 is 0 Å².